The monoisotopic (exact) mass is 149 g/mol. The predicted molar refractivity (Wildman–Crippen MR) is 38.2 cm³/mol. The molecule has 0 atom stereocenters. The summed E-state index contributed by atoms with van der Waals surface area (Å²) in [6.45, 7) is 0. The van der Waals surface area contributed by atoms with Crippen molar-refractivity contribution in [3.8, 4) is 0 Å². The Morgan fingerprint density at radius 2 is 2.30 bits per heavy atom. The topological polar surface area (TPSA) is 20.5 Å². The van der Waals surface area contributed by atoms with E-state index in [2.05, 4.69) is 0 Å². The van der Waals surface area contributed by atoms with E-state index in [0.717, 1.165) is 11.5 Å². The van der Waals surface area contributed by atoms with E-state index < -0.39 is 0 Å². The van der Waals surface area contributed by atoms with Crippen LogP contribution in [0.4, 0.5) is 0 Å². The molecule has 0 fully saturated rings. The minimum atomic E-state index is 0.129. The zero-order chi connectivity index (χ0) is 6.81. The number of fused-ring (bicyclic) bond motifs is 1. The van der Waals surface area contributed by atoms with Crippen LogP contribution >= 0.6 is 0 Å². The number of allylic oxidation sites excluding steroid dienone is 5. The summed E-state index contributed by atoms with van der Waals surface area (Å²) in [5.74, 6) is 1.67. The first-order valence-electron chi connectivity index (χ1n) is 2.98. The van der Waals surface area contributed by atoms with Gasteiger partial charge in [-0.3, -0.25) is 0 Å². The molecule has 1 aliphatic heterocycles. The molecule has 0 bridgehead atoms. The molecule has 2 radical (unpaired) electrons. The van der Waals surface area contributed by atoms with E-state index in [-0.39, 0.29) is 10.0 Å². The highest BCUT2D eigenvalue weighted by molar-refractivity contribution is 6.25. The highest BCUT2D eigenvalue weighted by Crippen LogP contribution is 2.08. The summed E-state index contributed by atoms with van der Waals surface area (Å²) >= 11 is 0. The summed E-state index contributed by atoms with van der Waals surface area (Å²) in [6.07, 6.45) is 9.59. The van der Waals surface area contributed by atoms with E-state index in [4.69, 9.17) is 8.54 Å². The largest absolute Gasteiger partial charge is 1.03 e. The fraction of sp³-hybridized carbons (Fsp3) is 0. The third-order valence-corrected chi connectivity index (χ3v) is 1.87. The molecule has 0 saturated carbocycles. The predicted octanol–water partition coefficient (Wildman–Crippen LogP) is 0.665. The molecule has 1 heterocycles. The van der Waals surface area contributed by atoms with Gasteiger partial charge >= 0.3 is 15.8 Å². The Bertz CT molecular complexity index is 261. The van der Waals surface area contributed by atoms with E-state index in [1.54, 1.807) is 0 Å². The maximum atomic E-state index is 5.16. The van der Waals surface area contributed by atoms with Crippen LogP contribution in [0.3, 0.4) is 0 Å². The Balaban J connectivity index is 2.42. The number of ketones is 1. The van der Waals surface area contributed by atoms with Crippen LogP contribution < -0.4 is 0 Å². The lowest BCUT2D eigenvalue weighted by molar-refractivity contribution is -0.287. The standard InChI is InChI=1S/C7H5O2Si/c1-2-4-6-7(5-3-1)9-10-8-6/h1-5H/q+1. The first kappa shape index (κ1) is 5.67. The van der Waals surface area contributed by atoms with Crippen LogP contribution in [0.2, 0.25) is 0 Å². The molecule has 0 aromatic carbocycles. The molecule has 0 aromatic rings. The lowest BCUT2D eigenvalue weighted by Gasteiger charge is -1.83. The lowest BCUT2D eigenvalue weighted by Crippen LogP contribution is -1.92. The summed E-state index contributed by atoms with van der Waals surface area (Å²) in [4.78, 5) is 0. The number of hydrogen-bond acceptors (Lipinski definition) is 1. The summed E-state index contributed by atoms with van der Waals surface area (Å²) < 4.78 is 10.3. The average molecular weight is 149 g/mol. The van der Waals surface area contributed by atoms with Gasteiger partial charge in [-0.25, -0.2) is 0 Å². The van der Waals surface area contributed by atoms with Gasteiger partial charge in [0, 0.05) is 6.08 Å². The molecule has 0 saturated heterocycles. The van der Waals surface area contributed by atoms with Crippen LogP contribution in [-0.4, -0.2) is 15.8 Å². The molecule has 10 heavy (non-hydrogen) atoms. The Hall–Kier alpha value is -1.09. The van der Waals surface area contributed by atoms with E-state index in [0.29, 0.717) is 0 Å². The molecule has 0 unspecified atom stereocenters. The number of rotatable bonds is 0. The molecule has 2 rings (SSSR count). The average Bonchev–Trinajstić information content (AvgIpc) is 2.28. The van der Waals surface area contributed by atoms with Crippen LogP contribution in [0, 0.1) is 0 Å². The molecule has 0 amide bonds. The second kappa shape index (κ2) is 2.26. The smallest absolute Gasteiger partial charge is 0.452 e. The minimum Gasteiger partial charge on any atom is -0.452 e. The van der Waals surface area contributed by atoms with Crippen LogP contribution in [-0.2, 0) is 8.54 Å². The third kappa shape index (κ3) is 0.843. The summed E-state index contributed by atoms with van der Waals surface area (Å²) in [6, 6.07) is 0. The highest BCUT2D eigenvalue weighted by atomic mass is 28.2. The highest BCUT2D eigenvalue weighted by Gasteiger charge is 2.32. The fourth-order valence-electron chi connectivity index (χ4n) is 0.794. The van der Waals surface area contributed by atoms with E-state index >= 15 is 0 Å². The van der Waals surface area contributed by atoms with Crippen LogP contribution in [0.5, 0.6) is 0 Å². The van der Waals surface area contributed by atoms with Gasteiger partial charge in [0.15, 0.2) is 0 Å². The first-order chi connectivity index (χ1) is 4.97. The molecule has 0 N–H and O–H groups in total. The Morgan fingerprint density at radius 1 is 1.30 bits per heavy atom. The SMILES string of the molecule is C1=CC=C2O[Si][O+]=C2C=C1. The molecular weight excluding hydrogens is 144 g/mol. The van der Waals surface area contributed by atoms with Gasteiger partial charge in [0.2, 0.25) is 5.76 Å². The second-order valence-corrected chi connectivity index (χ2v) is 2.50. The molecule has 0 spiro atoms. The van der Waals surface area contributed by atoms with E-state index in [9.17, 15) is 0 Å². The van der Waals surface area contributed by atoms with Gasteiger partial charge < -0.3 is 8.54 Å². The molecule has 3 heteroatoms. The molecule has 2 nitrogen and oxygen atoms in total. The minimum absolute atomic E-state index is 0.129. The van der Waals surface area contributed by atoms with Gasteiger partial charge in [-0.15, -0.1) is 0 Å². The summed E-state index contributed by atoms with van der Waals surface area (Å²) in [7, 11) is 0.129. The van der Waals surface area contributed by atoms with Crippen molar-refractivity contribution < 1.29 is 8.54 Å². The number of carbonyl (C=O) groups excluding carboxylic acids is 1. The quantitative estimate of drug-likeness (QED) is 0.366. The van der Waals surface area contributed by atoms with Gasteiger partial charge in [0.05, 0.1) is 0 Å². The van der Waals surface area contributed by atoms with Crippen molar-refractivity contribution in [3.63, 3.8) is 0 Å². The van der Waals surface area contributed by atoms with Crippen LogP contribution in [0.15, 0.2) is 36.1 Å². The van der Waals surface area contributed by atoms with Crippen molar-refractivity contribution in [2.45, 2.75) is 0 Å². The fourth-order valence-corrected chi connectivity index (χ4v) is 1.35. The maximum Gasteiger partial charge on any atom is 1.03 e. The normalized spacial score (nSPS) is 20.8. The lowest BCUT2D eigenvalue weighted by atomic mass is 10.3. The Labute approximate surface area is 61.3 Å². The van der Waals surface area contributed by atoms with Gasteiger partial charge in [0.1, 0.15) is 0 Å². The summed E-state index contributed by atoms with van der Waals surface area (Å²) in [5.41, 5.74) is 0. The van der Waals surface area contributed by atoms with Crippen molar-refractivity contribution in [2.24, 2.45) is 0 Å². The van der Waals surface area contributed by atoms with Crippen molar-refractivity contribution in [2.75, 3.05) is 0 Å². The maximum absolute atomic E-state index is 5.16. The zero-order valence-electron chi connectivity index (χ0n) is 5.20. The van der Waals surface area contributed by atoms with Crippen molar-refractivity contribution >= 4 is 15.8 Å². The van der Waals surface area contributed by atoms with E-state index in [1.165, 1.54) is 0 Å². The van der Waals surface area contributed by atoms with Gasteiger partial charge in [-0.1, -0.05) is 18.2 Å². The molecular formula is C7H5O2Si+. The van der Waals surface area contributed by atoms with Gasteiger partial charge in [0.25, 0.3) is 0 Å². The van der Waals surface area contributed by atoms with Gasteiger partial charge in [-0.2, -0.15) is 0 Å². The Morgan fingerprint density at radius 3 is 3.30 bits per heavy atom. The third-order valence-electron chi connectivity index (χ3n) is 1.26. The van der Waals surface area contributed by atoms with E-state index in [1.807, 2.05) is 30.4 Å². The van der Waals surface area contributed by atoms with Gasteiger partial charge in [-0.05, 0) is 6.08 Å². The zero-order valence-corrected chi connectivity index (χ0v) is 6.20. The Kier molecular flexibility index (Phi) is 1.28. The first-order valence-corrected chi connectivity index (χ1v) is 3.79. The molecule has 48 valence electrons. The summed E-state index contributed by atoms with van der Waals surface area (Å²) in [5, 5.41) is 0. The molecule has 0 aromatic heterocycles. The molecule has 1 aliphatic carbocycles. The van der Waals surface area contributed by atoms with Crippen molar-refractivity contribution in [1.82, 2.24) is 0 Å². The second-order valence-electron chi connectivity index (χ2n) is 1.93. The van der Waals surface area contributed by atoms with Crippen LogP contribution in [0.1, 0.15) is 0 Å². The van der Waals surface area contributed by atoms with Crippen LogP contribution in [0.25, 0.3) is 0 Å². The molecule has 2 aliphatic rings. The van der Waals surface area contributed by atoms with Crippen molar-refractivity contribution in [3.05, 3.63) is 36.1 Å². The number of hydrogen-bond donors (Lipinski definition) is 0. The van der Waals surface area contributed by atoms with Crippen molar-refractivity contribution in [1.29, 1.82) is 0 Å².